The molecule has 0 N–H and O–H groups in total. The molecule has 10 aromatic rings. The standard InChI is InChI=1S/C93H114N2/c1-6-9-12-15-18-21-24-27-30-34-43-74-64-72(4)65-79(68-74)80-66-73(5)67-84(69-80)95-91-49-40-38-47-87(91)88-70-78(54-61-92(88)95)77-52-57-82(58-53-77)94(81-55-50-76(51-56-81)75-44-35-33-36-45-75)83-59-60-86-85-46-37-39-48-89(85)93(90(86)71-83,62-41-31-28-25-22-19-16-13-10-7-2)63-42-32-29-26-23-20-17-14-11-8-3/h33,35-40,44-61,64-71H,6-32,34,41-43,62-63H2,1-5H3. The zero-order valence-corrected chi connectivity index (χ0v) is 59.3. The van der Waals surface area contributed by atoms with Crippen LogP contribution in [0.5, 0.6) is 0 Å². The molecule has 1 aliphatic rings. The summed E-state index contributed by atoms with van der Waals surface area (Å²) in [6.07, 6.45) is 44.4. The number of unbranched alkanes of at least 4 members (excludes halogenated alkanes) is 27. The number of rotatable bonds is 40. The summed E-state index contributed by atoms with van der Waals surface area (Å²) < 4.78 is 2.51. The number of aryl methyl sites for hydroxylation is 3. The molecule has 496 valence electrons. The minimum absolute atomic E-state index is 0.0187. The molecule has 2 heteroatoms. The summed E-state index contributed by atoms with van der Waals surface area (Å²) in [5.74, 6) is 0. The van der Waals surface area contributed by atoms with Gasteiger partial charge in [0.15, 0.2) is 0 Å². The molecular formula is C93H114N2. The van der Waals surface area contributed by atoms with Crippen LogP contribution in [0, 0.1) is 13.8 Å². The lowest BCUT2D eigenvalue weighted by molar-refractivity contribution is 0.397. The first kappa shape index (κ1) is 68.9. The zero-order chi connectivity index (χ0) is 65.4. The van der Waals surface area contributed by atoms with Gasteiger partial charge in [-0.1, -0.05) is 346 Å². The maximum Gasteiger partial charge on any atom is 0.0541 e. The highest BCUT2D eigenvalue weighted by Gasteiger charge is 2.42. The van der Waals surface area contributed by atoms with Crippen LogP contribution in [0.25, 0.3) is 72.0 Å². The van der Waals surface area contributed by atoms with Crippen LogP contribution in [-0.4, -0.2) is 4.57 Å². The molecule has 0 spiro atoms. The van der Waals surface area contributed by atoms with Crippen molar-refractivity contribution in [2.45, 2.75) is 252 Å². The van der Waals surface area contributed by atoms with Gasteiger partial charge in [-0.15, -0.1) is 0 Å². The second-order valence-electron chi connectivity index (χ2n) is 28.8. The largest absolute Gasteiger partial charge is 0.310 e. The van der Waals surface area contributed by atoms with Gasteiger partial charge in [-0.2, -0.15) is 0 Å². The van der Waals surface area contributed by atoms with E-state index in [-0.39, 0.29) is 5.41 Å². The van der Waals surface area contributed by atoms with E-state index >= 15 is 0 Å². The molecule has 0 aliphatic heterocycles. The molecule has 0 radical (unpaired) electrons. The number of hydrogen-bond donors (Lipinski definition) is 0. The summed E-state index contributed by atoms with van der Waals surface area (Å²) in [6, 6.07) is 77.4. The highest BCUT2D eigenvalue weighted by Crippen LogP contribution is 2.56. The molecule has 0 unspecified atom stereocenters. The Hall–Kier alpha value is -7.42. The zero-order valence-electron chi connectivity index (χ0n) is 59.3. The van der Waals surface area contributed by atoms with E-state index in [1.807, 2.05) is 0 Å². The Kier molecular flexibility index (Phi) is 25.8. The van der Waals surface area contributed by atoms with Crippen LogP contribution in [0.2, 0.25) is 0 Å². The Bertz CT molecular complexity index is 3930. The molecule has 1 heterocycles. The lowest BCUT2D eigenvalue weighted by Crippen LogP contribution is -2.26. The van der Waals surface area contributed by atoms with E-state index in [0.29, 0.717) is 0 Å². The molecule has 9 aromatic carbocycles. The third-order valence-electron chi connectivity index (χ3n) is 21.4. The van der Waals surface area contributed by atoms with E-state index in [1.54, 1.807) is 11.1 Å². The number of nitrogens with zero attached hydrogens (tertiary/aromatic N) is 2. The van der Waals surface area contributed by atoms with Gasteiger partial charge in [0.1, 0.15) is 0 Å². The molecule has 11 rings (SSSR count). The maximum atomic E-state index is 2.64. The minimum Gasteiger partial charge on any atom is -0.310 e. The first-order valence-electron chi connectivity index (χ1n) is 38.4. The molecule has 2 nitrogen and oxygen atoms in total. The Morgan fingerprint density at radius 3 is 1.33 bits per heavy atom. The summed E-state index contributed by atoms with van der Waals surface area (Å²) >= 11 is 0. The molecule has 0 amide bonds. The fraction of sp³-hybridized carbons (Fsp3) is 0.419. The number of fused-ring (bicyclic) bond motifs is 6. The van der Waals surface area contributed by atoms with Crippen LogP contribution >= 0.6 is 0 Å². The number of para-hydroxylation sites is 1. The quantitative estimate of drug-likeness (QED) is 0.0348. The van der Waals surface area contributed by atoms with E-state index in [2.05, 4.69) is 244 Å². The molecule has 0 saturated carbocycles. The molecule has 0 saturated heterocycles. The summed E-state index contributed by atoms with van der Waals surface area (Å²) in [7, 11) is 0. The van der Waals surface area contributed by atoms with Crippen molar-refractivity contribution in [2.24, 2.45) is 0 Å². The van der Waals surface area contributed by atoms with Crippen molar-refractivity contribution in [1.82, 2.24) is 4.57 Å². The van der Waals surface area contributed by atoms with Gasteiger partial charge in [0.2, 0.25) is 0 Å². The third-order valence-corrected chi connectivity index (χ3v) is 21.4. The van der Waals surface area contributed by atoms with Gasteiger partial charge in [-0.25, -0.2) is 0 Å². The van der Waals surface area contributed by atoms with Crippen molar-refractivity contribution in [3.05, 3.63) is 228 Å². The van der Waals surface area contributed by atoms with Crippen molar-refractivity contribution in [2.75, 3.05) is 4.90 Å². The summed E-state index contributed by atoms with van der Waals surface area (Å²) in [6.45, 7) is 11.5. The second kappa shape index (κ2) is 35.5. The van der Waals surface area contributed by atoms with Crippen molar-refractivity contribution in [3.8, 4) is 50.2 Å². The Morgan fingerprint density at radius 2 is 0.737 bits per heavy atom. The highest BCUT2D eigenvalue weighted by atomic mass is 15.1. The lowest BCUT2D eigenvalue weighted by Gasteiger charge is -2.34. The Morgan fingerprint density at radius 1 is 0.295 bits per heavy atom. The summed E-state index contributed by atoms with van der Waals surface area (Å²) in [5.41, 5.74) is 24.8. The molecule has 1 aliphatic carbocycles. The first-order valence-corrected chi connectivity index (χ1v) is 38.4. The summed E-state index contributed by atoms with van der Waals surface area (Å²) in [5, 5.41) is 2.55. The average Bonchev–Trinajstić information content (AvgIpc) is 1.58. The van der Waals surface area contributed by atoms with Crippen LogP contribution < -0.4 is 4.90 Å². The van der Waals surface area contributed by atoms with Crippen molar-refractivity contribution >= 4 is 38.9 Å². The third kappa shape index (κ3) is 17.8. The summed E-state index contributed by atoms with van der Waals surface area (Å²) in [4.78, 5) is 2.54. The van der Waals surface area contributed by atoms with E-state index in [0.717, 1.165) is 6.42 Å². The van der Waals surface area contributed by atoms with Gasteiger partial charge in [0.25, 0.3) is 0 Å². The second-order valence-corrected chi connectivity index (χ2v) is 28.8. The van der Waals surface area contributed by atoms with Gasteiger partial charge in [0.05, 0.1) is 11.0 Å². The number of anilines is 3. The number of aromatic nitrogens is 1. The Labute approximate surface area is 575 Å². The first-order chi connectivity index (χ1) is 46.8. The van der Waals surface area contributed by atoms with Crippen LogP contribution in [0.4, 0.5) is 17.1 Å². The predicted octanol–water partition coefficient (Wildman–Crippen LogP) is 29.2. The monoisotopic (exact) mass is 1260 g/mol. The molecule has 0 fully saturated rings. The van der Waals surface area contributed by atoms with Crippen LogP contribution in [0.15, 0.2) is 200 Å². The van der Waals surface area contributed by atoms with Gasteiger partial charge >= 0.3 is 0 Å². The number of benzene rings is 9. The molecule has 95 heavy (non-hydrogen) atoms. The normalized spacial score (nSPS) is 12.5. The smallest absolute Gasteiger partial charge is 0.0541 e. The number of hydrogen-bond acceptors (Lipinski definition) is 1. The van der Waals surface area contributed by atoms with E-state index < -0.39 is 0 Å². The average molecular weight is 1260 g/mol. The van der Waals surface area contributed by atoms with Gasteiger partial charge < -0.3 is 9.47 Å². The topological polar surface area (TPSA) is 8.17 Å². The lowest BCUT2D eigenvalue weighted by atomic mass is 9.70. The highest BCUT2D eigenvalue weighted by molar-refractivity contribution is 6.10. The van der Waals surface area contributed by atoms with E-state index in [4.69, 9.17) is 0 Å². The maximum absolute atomic E-state index is 2.64. The van der Waals surface area contributed by atoms with Gasteiger partial charge in [-0.05, 0) is 173 Å². The molecule has 0 bridgehead atoms. The van der Waals surface area contributed by atoms with Gasteiger partial charge in [-0.3, -0.25) is 0 Å². The van der Waals surface area contributed by atoms with Crippen LogP contribution in [0.3, 0.4) is 0 Å². The molecule has 0 atom stereocenters. The van der Waals surface area contributed by atoms with Crippen molar-refractivity contribution < 1.29 is 0 Å². The van der Waals surface area contributed by atoms with E-state index in [9.17, 15) is 0 Å². The van der Waals surface area contributed by atoms with Crippen LogP contribution in [-0.2, 0) is 11.8 Å². The van der Waals surface area contributed by atoms with Crippen molar-refractivity contribution in [1.29, 1.82) is 0 Å². The van der Waals surface area contributed by atoms with Gasteiger partial charge in [0, 0.05) is 38.9 Å². The minimum atomic E-state index is -0.0187. The molecule has 1 aromatic heterocycles. The Balaban J connectivity index is 0.883. The van der Waals surface area contributed by atoms with Crippen molar-refractivity contribution in [3.63, 3.8) is 0 Å². The van der Waals surface area contributed by atoms with E-state index in [1.165, 1.54) is 311 Å². The fourth-order valence-corrected chi connectivity index (χ4v) is 16.2. The van der Waals surface area contributed by atoms with Crippen LogP contribution in [0.1, 0.15) is 254 Å². The predicted molar refractivity (Wildman–Crippen MR) is 416 cm³/mol. The SMILES string of the molecule is CCCCCCCCCCCCc1cc(C)cc(-c2cc(C)cc(-n3c4ccccc4c4cc(-c5ccc(N(c6ccc(-c7ccccc7)cc6)c6ccc7c(c6)C(CCCCCCCCCCCC)(CCCCCCCCCCCC)c6ccccc6-7)cc5)ccc43)c2)c1. The molecular weight excluding hydrogens is 1150 g/mol. The fourth-order valence-electron chi connectivity index (χ4n) is 16.2.